The summed E-state index contributed by atoms with van der Waals surface area (Å²) in [7, 11) is 0. The fraction of sp³-hybridized carbons (Fsp3) is 0.412. The lowest BCUT2D eigenvalue weighted by Crippen LogP contribution is -2.36. The van der Waals surface area contributed by atoms with Crippen LogP contribution in [0.1, 0.15) is 33.1 Å². The van der Waals surface area contributed by atoms with Gasteiger partial charge in [-0.25, -0.2) is 0 Å². The second-order valence-corrected chi connectivity index (χ2v) is 6.48. The molecule has 0 unspecified atom stereocenters. The molecule has 2 amide bonds. The first-order chi connectivity index (χ1) is 11.3. The molecule has 0 aliphatic rings. The van der Waals surface area contributed by atoms with E-state index in [2.05, 4.69) is 20.8 Å². The van der Waals surface area contributed by atoms with E-state index in [0.29, 0.717) is 23.0 Å². The van der Waals surface area contributed by atoms with Gasteiger partial charge in [0, 0.05) is 25.3 Å². The molecule has 2 N–H and O–H groups in total. The smallest absolute Gasteiger partial charge is 0.249 e. The minimum Gasteiger partial charge on any atom is -0.421 e. The normalized spacial score (nSPS) is 11.2. The maximum absolute atomic E-state index is 12.1. The molecular weight excluding hydrogens is 308 g/mol. The van der Waals surface area contributed by atoms with E-state index in [9.17, 15) is 9.59 Å². The van der Waals surface area contributed by atoms with Crippen molar-refractivity contribution in [2.24, 2.45) is 5.41 Å². The molecule has 0 aliphatic heterocycles. The summed E-state index contributed by atoms with van der Waals surface area (Å²) in [6.45, 7) is 7.46. The number of para-hydroxylation sites is 1. The number of nitrogens with zero attached hydrogens (tertiary/aromatic N) is 2. The molecule has 0 aliphatic carbocycles. The van der Waals surface area contributed by atoms with E-state index in [-0.39, 0.29) is 24.8 Å². The topological polar surface area (TPSA) is 97.1 Å². The first-order valence-electron chi connectivity index (χ1n) is 7.75. The van der Waals surface area contributed by atoms with Crippen LogP contribution < -0.4 is 10.6 Å². The summed E-state index contributed by atoms with van der Waals surface area (Å²) >= 11 is 0. The van der Waals surface area contributed by atoms with Gasteiger partial charge in [-0.15, -0.1) is 10.2 Å². The fourth-order valence-corrected chi connectivity index (χ4v) is 1.95. The Morgan fingerprint density at radius 3 is 2.50 bits per heavy atom. The first-order valence-corrected chi connectivity index (χ1v) is 7.75. The molecule has 7 heteroatoms. The van der Waals surface area contributed by atoms with Crippen molar-refractivity contribution in [1.82, 2.24) is 15.5 Å². The summed E-state index contributed by atoms with van der Waals surface area (Å²) in [5.74, 6) is 0.519. The second-order valence-electron chi connectivity index (χ2n) is 6.48. The summed E-state index contributed by atoms with van der Waals surface area (Å²) < 4.78 is 5.41. The third-order valence-electron chi connectivity index (χ3n) is 3.28. The van der Waals surface area contributed by atoms with Gasteiger partial charge in [-0.1, -0.05) is 32.9 Å². The van der Waals surface area contributed by atoms with Gasteiger partial charge in [0.25, 0.3) is 0 Å². The Balaban J connectivity index is 1.96. The molecule has 2 rings (SSSR count). The number of benzene rings is 1. The number of carbonyl (C=O) groups is 2. The number of anilines is 1. The van der Waals surface area contributed by atoms with Crippen LogP contribution in [0, 0.1) is 12.3 Å². The molecule has 0 spiro atoms. The first kappa shape index (κ1) is 17.7. The van der Waals surface area contributed by atoms with E-state index in [1.54, 1.807) is 19.1 Å². The summed E-state index contributed by atoms with van der Waals surface area (Å²) in [4.78, 5) is 23.9. The zero-order valence-corrected chi connectivity index (χ0v) is 14.3. The van der Waals surface area contributed by atoms with Crippen molar-refractivity contribution >= 4 is 17.5 Å². The van der Waals surface area contributed by atoms with Gasteiger partial charge in [-0.2, -0.15) is 0 Å². The molecule has 0 saturated heterocycles. The molecule has 1 aromatic carbocycles. The number of hydrogen-bond acceptors (Lipinski definition) is 5. The molecule has 7 nitrogen and oxygen atoms in total. The van der Waals surface area contributed by atoms with Crippen molar-refractivity contribution in [2.45, 2.75) is 34.1 Å². The number of rotatable bonds is 5. The molecule has 1 aromatic heterocycles. The lowest BCUT2D eigenvalue weighted by Gasteiger charge is -2.17. The third-order valence-corrected chi connectivity index (χ3v) is 3.28. The molecule has 0 radical (unpaired) electrons. The van der Waals surface area contributed by atoms with Crippen LogP contribution in [-0.4, -0.2) is 28.6 Å². The van der Waals surface area contributed by atoms with Crippen molar-refractivity contribution in [2.75, 3.05) is 11.9 Å². The number of hydrogen-bond donors (Lipinski definition) is 2. The number of amides is 2. The molecule has 0 bridgehead atoms. The Labute approximate surface area is 140 Å². The van der Waals surface area contributed by atoms with Gasteiger partial charge in [0.15, 0.2) is 0 Å². The van der Waals surface area contributed by atoms with Crippen LogP contribution in [0.2, 0.25) is 0 Å². The molecular formula is C17H22N4O3. The SMILES string of the molecule is Cc1nnc(-c2ccccc2NC(=O)CCNC(=O)C(C)(C)C)o1. The van der Waals surface area contributed by atoms with Crippen molar-refractivity contribution in [3.05, 3.63) is 30.2 Å². The summed E-state index contributed by atoms with van der Waals surface area (Å²) in [6, 6.07) is 7.20. The zero-order chi connectivity index (χ0) is 17.7. The predicted molar refractivity (Wildman–Crippen MR) is 90.2 cm³/mol. The van der Waals surface area contributed by atoms with E-state index in [1.165, 1.54) is 0 Å². The van der Waals surface area contributed by atoms with Gasteiger partial charge < -0.3 is 15.1 Å². The van der Waals surface area contributed by atoms with Crippen LogP contribution in [0.3, 0.4) is 0 Å². The second kappa shape index (κ2) is 7.25. The monoisotopic (exact) mass is 330 g/mol. The van der Waals surface area contributed by atoms with Crippen LogP contribution in [0.4, 0.5) is 5.69 Å². The fourth-order valence-electron chi connectivity index (χ4n) is 1.95. The highest BCUT2D eigenvalue weighted by molar-refractivity contribution is 5.95. The lowest BCUT2D eigenvalue weighted by molar-refractivity contribution is -0.128. The van der Waals surface area contributed by atoms with E-state index in [1.807, 2.05) is 32.9 Å². The van der Waals surface area contributed by atoms with Crippen molar-refractivity contribution < 1.29 is 14.0 Å². The van der Waals surface area contributed by atoms with Crippen molar-refractivity contribution in [3.63, 3.8) is 0 Å². The standard InChI is InChI=1S/C17H22N4O3/c1-11-20-21-15(24-11)12-7-5-6-8-13(12)19-14(22)9-10-18-16(23)17(2,3)4/h5-8H,9-10H2,1-4H3,(H,18,23)(H,19,22). The Bertz CT molecular complexity index is 731. The largest absolute Gasteiger partial charge is 0.421 e. The van der Waals surface area contributed by atoms with E-state index in [4.69, 9.17) is 4.42 Å². The number of nitrogens with one attached hydrogen (secondary N) is 2. The lowest BCUT2D eigenvalue weighted by atomic mass is 9.96. The molecule has 2 aromatic rings. The van der Waals surface area contributed by atoms with Gasteiger partial charge in [0.05, 0.1) is 11.3 Å². The van der Waals surface area contributed by atoms with Gasteiger partial charge >= 0.3 is 0 Å². The highest BCUT2D eigenvalue weighted by Crippen LogP contribution is 2.26. The van der Waals surface area contributed by atoms with Gasteiger partial charge in [-0.05, 0) is 12.1 Å². The Hall–Kier alpha value is -2.70. The Morgan fingerprint density at radius 1 is 1.17 bits per heavy atom. The van der Waals surface area contributed by atoms with Crippen molar-refractivity contribution in [3.8, 4) is 11.5 Å². The van der Waals surface area contributed by atoms with Crippen molar-refractivity contribution in [1.29, 1.82) is 0 Å². The van der Waals surface area contributed by atoms with Crippen LogP contribution in [0.5, 0.6) is 0 Å². The molecule has 128 valence electrons. The van der Waals surface area contributed by atoms with Gasteiger partial charge in [-0.3, -0.25) is 9.59 Å². The molecule has 1 heterocycles. The average molecular weight is 330 g/mol. The highest BCUT2D eigenvalue weighted by Gasteiger charge is 2.20. The molecule has 24 heavy (non-hydrogen) atoms. The summed E-state index contributed by atoms with van der Waals surface area (Å²) in [5.41, 5.74) is 0.775. The number of aryl methyl sites for hydroxylation is 1. The van der Waals surface area contributed by atoms with Crippen LogP contribution >= 0.6 is 0 Å². The third kappa shape index (κ3) is 4.65. The minimum absolute atomic E-state index is 0.0861. The van der Waals surface area contributed by atoms with Crippen LogP contribution in [0.25, 0.3) is 11.5 Å². The molecule has 0 saturated carbocycles. The van der Waals surface area contributed by atoms with Gasteiger partial charge in [0.1, 0.15) is 0 Å². The number of aromatic nitrogens is 2. The maximum Gasteiger partial charge on any atom is 0.249 e. The summed E-state index contributed by atoms with van der Waals surface area (Å²) in [6.07, 6.45) is 0.180. The van der Waals surface area contributed by atoms with E-state index in [0.717, 1.165) is 0 Å². The van der Waals surface area contributed by atoms with Crippen LogP contribution in [0.15, 0.2) is 28.7 Å². The molecule has 0 atom stereocenters. The quantitative estimate of drug-likeness (QED) is 0.878. The predicted octanol–water partition coefficient (Wildman–Crippen LogP) is 2.54. The Kier molecular flexibility index (Phi) is 5.33. The van der Waals surface area contributed by atoms with E-state index < -0.39 is 5.41 Å². The number of carbonyl (C=O) groups excluding carboxylic acids is 2. The van der Waals surface area contributed by atoms with Gasteiger partial charge in [0.2, 0.25) is 23.6 Å². The molecule has 0 fully saturated rings. The average Bonchev–Trinajstić information content (AvgIpc) is 2.93. The van der Waals surface area contributed by atoms with E-state index >= 15 is 0 Å². The zero-order valence-electron chi connectivity index (χ0n) is 14.3. The maximum atomic E-state index is 12.1. The Morgan fingerprint density at radius 2 is 1.88 bits per heavy atom. The highest BCUT2D eigenvalue weighted by atomic mass is 16.4. The summed E-state index contributed by atoms with van der Waals surface area (Å²) in [5, 5.41) is 13.3. The van der Waals surface area contributed by atoms with Crippen LogP contribution in [-0.2, 0) is 9.59 Å². The minimum atomic E-state index is -0.473.